The van der Waals surface area contributed by atoms with Crippen LogP contribution in [0.2, 0.25) is 0 Å². The molecule has 2 heterocycles. The molecule has 2 aromatic rings. The summed E-state index contributed by atoms with van der Waals surface area (Å²) < 4.78 is 10.6. The van der Waals surface area contributed by atoms with Gasteiger partial charge in [-0.1, -0.05) is 19.9 Å². The second-order valence-electron chi connectivity index (χ2n) is 5.65. The third-order valence-corrected chi connectivity index (χ3v) is 4.37. The summed E-state index contributed by atoms with van der Waals surface area (Å²) in [4.78, 5) is 12.3. The fraction of sp³-hybridized carbons (Fsp3) is 0.471. The highest BCUT2D eigenvalue weighted by Crippen LogP contribution is 2.38. The van der Waals surface area contributed by atoms with Gasteiger partial charge in [-0.05, 0) is 36.5 Å². The Kier molecular flexibility index (Phi) is 3.93. The van der Waals surface area contributed by atoms with Gasteiger partial charge in [0.05, 0.1) is 17.6 Å². The summed E-state index contributed by atoms with van der Waals surface area (Å²) in [5.41, 5.74) is 1.92. The van der Waals surface area contributed by atoms with Gasteiger partial charge in [0.2, 0.25) is 0 Å². The summed E-state index contributed by atoms with van der Waals surface area (Å²) >= 11 is 0. The predicted molar refractivity (Wildman–Crippen MR) is 82.2 cm³/mol. The largest absolute Gasteiger partial charge is 0.507 e. The molecule has 1 saturated heterocycles. The van der Waals surface area contributed by atoms with Crippen LogP contribution in [0.1, 0.15) is 42.9 Å². The van der Waals surface area contributed by atoms with Crippen molar-refractivity contribution in [3.63, 3.8) is 0 Å². The lowest BCUT2D eigenvalue weighted by Gasteiger charge is -2.16. The molecule has 1 fully saturated rings. The Hall–Kier alpha value is -1.85. The SMILES string of the molecule is CCc1cc(CC)c2oc(=O)c(C3CCOC3O)c(O)c2c1. The lowest BCUT2D eigenvalue weighted by Crippen LogP contribution is -2.20. The number of aliphatic hydroxyl groups excluding tert-OH is 1. The van der Waals surface area contributed by atoms with E-state index in [1.54, 1.807) is 0 Å². The molecule has 0 aliphatic carbocycles. The third-order valence-electron chi connectivity index (χ3n) is 4.37. The van der Waals surface area contributed by atoms with Crippen LogP contribution in [0.3, 0.4) is 0 Å². The number of aryl methyl sites for hydroxylation is 2. The molecule has 1 aliphatic rings. The van der Waals surface area contributed by atoms with E-state index in [2.05, 4.69) is 0 Å². The smallest absolute Gasteiger partial charge is 0.343 e. The predicted octanol–water partition coefficient (Wildman–Crippen LogP) is 2.45. The highest BCUT2D eigenvalue weighted by molar-refractivity contribution is 5.87. The number of rotatable bonds is 3. The van der Waals surface area contributed by atoms with Gasteiger partial charge in [0.25, 0.3) is 0 Å². The van der Waals surface area contributed by atoms with Crippen molar-refractivity contribution in [2.45, 2.75) is 45.3 Å². The summed E-state index contributed by atoms with van der Waals surface area (Å²) in [6.45, 7) is 4.37. The molecule has 0 spiro atoms. The van der Waals surface area contributed by atoms with Gasteiger partial charge in [0.1, 0.15) is 11.3 Å². The first-order valence-electron chi connectivity index (χ1n) is 7.67. The normalized spacial score (nSPS) is 21.6. The van der Waals surface area contributed by atoms with Crippen LogP contribution >= 0.6 is 0 Å². The molecular formula is C17H20O5. The first kappa shape index (κ1) is 15.1. The number of hydrogen-bond acceptors (Lipinski definition) is 5. The third kappa shape index (κ3) is 2.30. The van der Waals surface area contributed by atoms with Crippen LogP contribution in [0.5, 0.6) is 5.75 Å². The summed E-state index contributed by atoms with van der Waals surface area (Å²) in [5, 5.41) is 21.0. The number of benzene rings is 1. The van der Waals surface area contributed by atoms with Gasteiger partial charge in [-0.2, -0.15) is 0 Å². The Morgan fingerprint density at radius 1 is 1.27 bits per heavy atom. The second kappa shape index (κ2) is 5.74. The molecule has 1 aromatic heterocycles. The fourth-order valence-electron chi connectivity index (χ4n) is 3.10. The minimum Gasteiger partial charge on any atom is -0.507 e. The van der Waals surface area contributed by atoms with Crippen LogP contribution in [0.4, 0.5) is 0 Å². The molecule has 1 aliphatic heterocycles. The second-order valence-corrected chi connectivity index (χ2v) is 5.65. The van der Waals surface area contributed by atoms with E-state index >= 15 is 0 Å². The van der Waals surface area contributed by atoms with E-state index in [-0.39, 0.29) is 11.3 Å². The molecule has 2 unspecified atom stereocenters. The maximum atomic E-state index is 12.3. The standard InChI is InChI=1S/C17H20O5/c1-3-9-7-10(4-2)15-12(8-9)14(18)13(17(20)22-15)11-5-6-21-16(11)19/h7-8,11,16,18-19H,3-6H2,1-2H3. The van der Waals surface area contributed by atoms with Crippen molar-refractivity contribution in [3.8, 4) is 5.75 Å². The molecule has 0 amide bonds. The topological polar surface area (TPSA) is 79.9 Å². The molecule has 5 nitrogen and oxygen atoms in total. The first-order valence-corrected chi connectivity index (χ1v) is 7.67. The van der Waals surface area contributed by atoms with Crippen LogP contribution < -0.4 is 5.63 Å². The van der Waals surface area contributed by atoms with E-state index in [1.807, 2.05) is 26.0 Å². The van der Waals surface area contributed by atoms with Gasteiger partial charge in [-0.15, -0.1) is 0 Å². The van der Waals surface area contributed by atoms with Crippen molar-refractivity contribution >= 4 is 11.0 Å². The number of hydrogen-bond donors (Lipinski definition) is 2. The van der Waals surface area contributed by atoms with Crippen LogP contribution in [-0.2, 0) is 17.6 Å². The van der Waals surface area contributed by atoms with E-state index in [4.69, 9.17) is 9.15 Å². The van der Waals surface area contributed by atoms with Gasteiger partial charge < -0.3 is 19.4 Å². The van der Waals surface area contributed by atoms with Gasteiger partial charge in [0.15, 0.2) is 6.29 Å². The lowest BCUT2D eigenvalue weighted by molar-refractivity contribution is -0.0684. The molecule has 3 rings (SSSR count). The van der Waals surface area contributed by atoms with E-state index in [0.29, 0.717) is 30.4 Å². The number of aliphatic hydroxyl groups is 1. The molecule has 5 heteroatoms. The van der Waals surface area contributed by atoms with Crippen LogP contribution in [0, 0.1) is 0 Å². The Morgan fingerprint density at radius 3 is 2.64 bits per heavy atom. The van der Waals surface area contributed by atoms with E-state index in [1.165, 1.54) is 0 Å². The van der Waals surface area contributed by atoms with E-state index in [9.17, 15) is 15.0 Å². The summed E-state index contributed by atoms with van der Waals surface area (Å²) in [6.07, 6.45) is 0.943. The molecular weight excluding hydrogens is 284 g/mol. The molecule has 118 valence electrons. The fourth-order valence-corrected chi connectivity index (χ4v) is 3.10. The number of aromatic hydroxyl groups is 1. The number of ether oxygens (including phenoxy) is 1. The van der Waals surface area contributed by atoms with Crippen molar-refractivity contribution in [3.05, 3.63) is 39.2 Å². The van der Waals surface area contributed by atoms with Gasteiger partial charge in [-0.25, -0.2) is 4.79 Å². The first-order chi connectivity index (χ1) is 10.6. The molecule has 2 N–H and O–H groups in total. The summed E-state index contributed by atoms with van der Waals surface area (Å²) in [7, 11) is 0. The molecule has 0 bridgehead atoms. The Balaban J connectivity index is 2.30. The quantitative estimate of drug-likeness (QED) is 0.851. The van der Waals surface area contributed by atoms with Gasteiger partial charge in [0, 0.05) is 5.92 Å². The summed E-state index contributed by atoms with van der Waals surface area (Å²) in [6, 6.07) is 3.84. The highest BCUT2D eigenvalue weighted by Gasteiger charge is 2.34. The number of fused-ring (bicyclic) bond motifs is 1. The maximum Gasteiger partial charge on any atom is 0.343 e. The van der Waals surface area contributed by atoms with Crippen molar-refractivity contribution in [2.24, 2.45) is 0 Å². The summed E-state index contributed by atoms with van der Waals surface area (Å²) in [5.74, 6) is -0.637. The minimum atomic E-state index is -1.08. The Morgan fingerprint density at radius 2 is 2.05 bits per heavy atom. The van der Waals surface area contributed by atoms with Crippen LogP contribution in [-0.4, -0.2) is 23.1 Å². The zero-order valence-electron chi connectivity index (χ0n) is 12.8. The minimum absolute atomic E-state index is 0.0919. The monoisotopic (exact) mass is 304 g/mol. The zero-order chi connectivity index (χ0) is 15.9. The molecule has 22 heavy (non-hydrogen) atoms. The molecule has 0 saturated carbocycles. The average molecular weight is 304 g/mol. The van der Waals surface area contributed by atoms with Crippen LogP contribution in [0.25, 0.3) is 11.0 Å². The zero-order valence-corrected chi connectivity index (χ0v) is 12.8. The Bertz CT molecular complexity index is 762. The average Bonchev–Trinajstić information content (AvgIpc) is 2.92. The van der Waals surface area contributed by atoms with Crippen molar-refractivity contribution < 1.29 is 19.4 Å². The van der Waals surface area contributed by atoms with Gasteiger partial charge >= 0.3 is 5.63 Å². The van der Waals surface area contributed by atoms with Gasteiger partial charge in [-0.3, -0.25) is 0 Å². The van der Waals surface area contributed by atoms with E-state index < -0.39 is 17.8 Å². The molecule has 2 atom stereocenters. The van der Waals surface area contributed by atoms with Crippen molar-refractivity contribution in [2.75, 3.05) is 6.61 Å². The van der Waals surface area contributed by atoms with Crippen LogP contribution in [0.15, 0.2) is 21.3 Å². The molecule has 0 radical (unpaired) electrons. The van der Waals surface area contributed by atoms with Crippen molar-refractivity contribution in [1.29, 1.82) is 0 Å². The van der Waals surface area contributed by atoms with E-state index in [0.717, 1.165) is 17.5 Å². The molecule has 1 aromatic carbocycles. The van der Waals surface area contributed by atoms with Crippen molar-refractivity contribution in [1.82, 2.24) is 0 Å². The maximum absolute atomic E-state index is 12.3. The highest BCUT2D eigenvalue weighted by atomic mass is 16.6. The lowest BCUT2D eigenvalue weighted by atomic mass is 9.94. The Labute approximate surface area is 128 Å².